The summed E-state index contributed by atoms with van der Waals surface area (Å²) in [7, 11) is 1.61. The lowest BCUT2D eigenvalue weighted by atomic mass is 10.0. The first kappa shape index (κ1) is 58.2. The zero-order valence-corrected chi connectivity index (χ0v) is 40.9. The van der Waals surface area contributed by atoms with E-state index in [1.165, 1.54) is 180 Å². The fourth-order valence-corrected chi connectivity index (χ4v) is 8.43. The van der Waals surface area contributed by atoms with E-state index < -0.39 is 20.0 Å². The number of allylic oxidation sites excluding steroid dienone is 2. The number of rotatable bonds is 47. The molecule has 0 radical (unpaired) electrons. The Hall–Kier alpha value is -0.760. The van der Waals surface area contributed by atoms with Gasteiger partial charge in [-0.25, -0.2) is 4.57 Å². The molecule has 1 amide bonds. The molecule has 0 bridgehead atoms. The average molecular weight is 858 g/mol. The Bertz CT molecular complexity index is 974. The lowest BCUT2D eigenvalue weighted by Crippen LogP contribution is -2.46. The van der Waals surface area contributed by atoms with Crippen LogP contribution < -0.4 is 5.32 Å². The van der Waals surface area contributed by atoms with Gasteiger partial charge in [0.05, 0.1) is 39.9 Å². The molecule has 0 rings (SSSR count). The number of carbonyl (C=O) groups is 1. The van der Waals surface area contributed by atoms with Crippen LogP contribution in [0.25, 0.3) is 0 Å². The quantitative estimate of drug-likeness (QED) is 0.0244. The number of carbonyl (C=O) groups excluding carboxylic acids is 1. The molecule has 0 aliphatic carbocycles. The molecule has 8 nitrogen and oxygen atoms in total. The normalized spacial score (nSPS) is 14.2. The van der Waals surface area contributed by atoms with Crippen LogP contribution in [0.4, 0.5) is 0 Å². The topological polar surface area (TPSA) is 105 Å². The highest BCUT2D eigenvalue weighted by molar-refractivity contribution is 7.47. The van der Waals surface area contributed by atoms with E-state index >= 15 is 0 Å². The SMILES string of the molecule is CCCCCCCCCCCC/C=C/CCCC[C@@H](O)[C@H](COP(=O)(O)OCC[N+](C)(C)C)NC(=O)CCCCCCCCCCCCCCCCCCCCCCC. The molecule has 0 aromatic rings. The monoisotopic (exact) mass is 858 g/mol. The highest BCUT2D eigenvalue weighted by Crippen LogP contribution is 2.43. The fraction of sp³-hybridized carbons (Fsp3) is 0.940. The van der Waals surface area contributed by atoms with Gasteiger partial charge in [-0.1, -0.05) is 219 Å². The van der Waals surface area contributed by atoms with Crippen LogP contribution >= 0.6 is 7.82 Å². The van der Waals surface area contributed by atoms with Crippen molar-refractivity contribution in [1.29, 1.82) is 0 Å². The van der Waals surface area contributed by atoms with Crippen molar-refractivity contribution in [2.45, 2.75) is 264 Å². The predicted molar refractivity (Wildman–Crippen MR) is 254 cm³/mol. The third-order valence-electron chi connectivity index (χ3n) is 11.8. The second-order valence-corrected chi connectivity index (χ2v) is 20.4. The van der Waals surface area contributed by atoms with Gasteiger partial charge < -0.3 is 19.8 Å². The third-order valence-corrected chi connectivity index (χ3v) is 12.7. The summed E-state index contributed by atoms with van der Waals surface area (Å²) >= 11 is 0. The van der Waals surface area contributed by atoms with E-state index in [1.54, 1.807) is 0 Å². The minimum Gasteiger partial charge on any atom is -0.391 e. The Labute approximate surface area is 367 Å². The zero-order chi connectivity index (χ0) is 43.6. The summed E-state index contributed by atoms with van der Waals surface area (Å²) in [6.45, 7) is 4.90. The van der Waals surface area contributed by atoms with Crippen LogP contribution in [0, 0.1) is 0 Å². The molecule has 3 atom stereocenters. The third kappa shape index (κ3) is 45.1. The van der Waals surface area contributed by atoms with E-state index in [1.807, 2.05) is 21.1 Å². The predicted octanol–water partition coefficient (Wildman–Crippen LogP) is 14.7. The summed E-state index contributed by atoms with van der Waals surface area (Å²) in [6, 6.07) is -0.772. The summed E-state index contributed by atoms with van der Waals surface area (Å²) in [5.74, 6) is -0.149. The van der Waals surface area contributed by atoms with Crippen molar-refractivity contribution in [3.8, 4) is 0 Å². The van der Waals surface area contributed by atoms with Crippen molar-refractivity contribution in [3.05, 3.63) is 12.2 Å². The van der Waals surface area contributed by atoms with Gasteiger partial charge in [-0.05, 0) is 38.5 Å². The number of hydrogen-bond acceptors (Lipinski definition) is 5. The summed E-state index contributed by atoms with van der Waals surface area (Å²) < 4.78 is 23.7. The van der Waals surface area contributed by atoms with Gasteiger partial charge in [-0.2, -0.15) is 0 Å². The second kappa shape index (κ2) is 42.5. The summed E-state index contributed by atoms with van der Waals surface area (Å²) in [4.78, 5) is 23.2. The van der Waals surface area contributed by atoms with Gasteiger partial charge in [0.1, 0.15) is 13.2 Å². The van der Waals surface area contributed by atoms with Crippen molar-refractivity contribution in [3.63, 3.8) is 0 Å². The number of amides is 1. The number of nitrogens with zero attached hydrogens (tertiary/aromatic N) is 1. The minimum atomic E-state index is -4.32. The van der Waals surface area contributed by atoms with E-state index in [-0.39, 0.29) is 19.1 Å². The number of nitrogens with one attached hydrogen (secondary N) is 1. The number of likely N-dealkylation sites (N-methyl/N-ethyl adjacent to an activating group) is 1. The molecule has 0 heterocycles. The molecule has 0 saturated carbocycles. The Morgan fingerprint density at radius 2 is 0.915 bits per heavy atom. The maximum Gasteiger partial charge on any atom is 0.472 e. The van der Waals surface area contributed by atoms with E-state index in [9.17, 15) is 19.4 Å². The van der Waals surface area contributed by atoms with Gasteiger partial charge in [0, 0.05) is 6.42 Å². The van der Waals surface area contributed by atoms with Crippen molar-refractivity contribution < 1.29 is 32.9 Å². The molecular formula is C50H102N2O6P+. The molecule has 0 spiro atoms. The average Bonchev–Trinajstić information content (AvgIpc) is 3.19. The first-order valence-electron chi connectivity index (χ1n) is 25.6. The van der Waals surface area contributed by atoms with E-state index in [4.69, 9.17) is 9.05 Å². The Kier molecular flexibility index (Phi) is 42.0. The van der Waals surface area contributed by atoms with Crippen LogP contribution in [0.15, 0.2) is 12.2 Å². The fourth-order valence-electron chi connectivity index (χ4n) is 7.69. The number of phosphoric acid groups is 1. The van der Waals surface area contributed by atoms with Crippen LogP contribution in [0.3, 0.4) is 0 Å². The molecule has 0 saturated heterocycles. The standard InChI is InChI=1S/C50H101N2O6P/c1-6-8-10-12-14-16-18-20-22-24-25-26-27-28-30-32-34-36-38-40-42-44-50(54)51-48(47-58-59(55,56)57-46-45-52(3,4)5)49(53)43-41-39-37-35-33-31-29-23-21-19-17-15-13-11-9-7-2/h33,35,48-49,53H,6-32,34,36-47H2,1-5H3,(H-,51,54,55,56)/p+1/b35-33+/t48-,49+/m0/s1. The number of aliphatic hydroxyl groups excluding tert-OH is 1. The molecule has 59 heavy (non-hydrogen) atoms. The van der Waals surface area contributed by atoms with Gasteiger partial charge in [-0.15, -0.1) is 0 Å². The van der Waals surface area contributed by atoms with Crippen LogP contribution in [-0.2, 0) is 18.4 Å². The Morgan fingerprint density at radius 3 is 1.31 bits per heavy atom. The largest absolute Gasteiger partial charge is 0.472 e. The maximum atomic E-state index is 12.9. The van der Waals surface area contributed by atoms with E-state index in [0.717, 1.165) is 44.9 Å². The first-order valence-corrected chi connectivity index (χ1v) is 27.0. The van der Waals surface area contributed by atoms with E-state index in [2.05, 4.69) is 31.3 Å². The molecule has 0 aromatic carbocycles. The number of hydrogen-bond donors (Lipinski definition) is 3. The first-order chi connectivity index (χ1) is 28.5. The lowest BCUT2D eigenvalue weighted by molar-refractivity contribution is -0.870. The molecule has 0 aromatic heterocycles. The molecule has 0 fully saturated rings. The van der Waals surface area contributed by atoms with Gasteiger partial charge in [0.15, 0.2) is 0 Å². The zero-order valence-electron chi connectivity index (χ0n) is 40.0. The van der Waals surface area contributed by atoms with Crippen molar-refractivity contribution in [2.24, 2.45) is 0 Å². The van der Waals surface area contributed by atoms with Crippen molar-refractivity contribution in [2.75, 3.05) is 40.9 Å². The number of quaternary nitrogens is 1. The highest BCUT2D eigenvalue weighted by atomic mass is 31.2. The smallest absolute Gasteiger partial charge is 0.391 e. The summed E-state index contributed by atoms with van der Waals surface area (Å²) in [6.07, 6.45) is 49.6. The molecule has 3 N–H and O–H groups in total. The molecular weight excluding hydrogens is 756 g/mol. The van der Waals surface area contributed by atoms with Crippen LogP contribution in [0.5, 0.6) is 0 Å². The van der Waals surface area contributed by atoms with Crippen molar-refractivity contribution >= 4 is 13.7 Å². The number of aliphatic hydroxyl groups is 1. The van der Waals surface area contributed by atoms with Gasteiger partial charge >= 0.3 is 7.82 Å². The Balaban J connectivity index is 4.24. The molecule has 9 heteroatoms. The maximum absolute atomic E-state index is 12.9. The van der Waals surface area contributed by atoms with Gasteiger partial charge in [0.2, 0.25) is 5.91 Å². The van der Waals surface area contributed by atoms with Crippen LogP contribution in [-0.4, -0.2) is 73.4 Å². The highest BCUT2D eigenvalue weighted by Gasteiger charge is 2.28. The van der Waals surface area contributed by atoms with Gasteiger partial charge in [0.25, 0.3) is 0 Å². The summed E-state index contributed by atoms with van der Waals surface area (Å²) in [5, 5.41) is 14.0. The molecule has 0 aliphatic rings. The lowest BCUT2D eigenvalue weighted by Gasteiger charge is -2.26. The second-order valence-electron chi connectivity index (χ2n) is 18.9. The molecule has 352 valence electrons. The molecule has 0 aliphatic heterocycles. The number of phosphoric ester groups is 1. The van der Waals surface area contributed by atoms with Crippen LogP contribution in [0.2, 0.25) is 0 Å². The summed E-state index contributed by atoms with van der Waals surface area (Å²) in [5.41, 5.74) is 0. The van der Waals surface area contributed by atoms with E-state index in [0.29, 0.717) is 23.9 Å². The van der Waals surface area contributed by atoms with Crippen molar-refractivity contribution in [1.82, 2.24) is 5.32 Å². The molecule has 1 unspecified atom stereocenters. The van der Waals surface area contributed by atoms with Crippen LogP contribution in [0.1, 0.15) is 251 Å². The van der Waals surface area contributed by atoms with Gasteiger partial charge in [-0.3, -0.25) is 13.8 Å². The number of unbranched alkanes of at least 4 members (excludes halogenated alkanes) is 32. The minimum absolute atomic E-state index is 0.0725. The Morgan fingerprint density at radius 1 is 0.559 bits per heavy atom.